The molecule has 1 aromatic heterocycles. The number of halogens is 2. The first kappa shape index (κ1) is 18.5. The molecule has 1 saturated heterocycles. The van der Waals surface area contributed by atoms with E-state index in [4.69, 9.17) is 4.52 Å². The minimum Gasteiger partial charge on any atom is -0.341 e. The van der Waals surface area contributed by atoms with E-state index >= 15 is 0 Å². The molecule has 28 heavy (non-hydrogen) atoms. The minimum atomic E-state index is -1.14. The van der Waals surface area contributed by atoms with Gasteiger partial charge in [-0.3, -0.25) is 9.59 Å². The molecule has 1 saturated carbocycles. The summed E-state index contributed by atoms with van der Waals surface area (Å²) in [5.74, 6) is -3.75. The van der Waals surface area contributed by atoms with Gasteiger partial charge in [0, 0.05) is 13.1 Å². The molecular weight excluding hydrogens is 370 g/mol. The van der Waals surface area contributed by atoms with E-state index in [-0.39, 0.29) is 23.2 Å². The molecule has 2 heterocycles. The van der Waals surface area contributed by atoms with Gasteiger partial charge >= 0.3 is 0 Å². The molecule has 1 aliphatic carbocycles. The fourth-order valence-corrected chi connectivity index (χ4v) is 3.57. The fraction of sp³-hybridized carbons (Fsp3) is 0.474. The van der Waals surface area contributed by atoms with Gasteiger partial charge in [0.25, 0.3) is 17.6 Å². The number of nitrogens with zero attached hydrogens (tertiary/aromatic N) is 3. The van der Waals surface area contributed by atoms with Gasteiger partial charge < -0.3 is 14.7 Å². The van der Waals surface area contributed by atoms with Crippen LogP contribution < -0.4 is 5.32 Å². The molecule has 1 aromatic carbocycles. The Hall–Kier alpha value is -2.84. The van der Waals surface area contributed by atoms with Gasteiger partial charge in [0.1, 0.15) is 6.04 Å². The SMILES string of the molecule is CC(NC(=O)c1noc(-c2cccc(F)c2F)n1)C(=O)N1CCC2(CC1)CC2. The Balaban J connectivity index is 1.39. The highest BCUT2D eigenvalue weighted by atomic mass is 19.2. The number of hydrogen-bond donors (Lipinski definition) is 1. The second kappa shape index (κ2) is 6.96. The van der Waals surface area contributed by atoms with Gasteiger partial charge in [-0.1, -0.05) is 11.2 Å². The Labute approximate surface area is 160 Å². The Bertz CT molecular complexity index is 916. The van der Waals surface area contributed by atoms with Crippen molar-refractivity contribution in [1.29, 1.82) is 0 Å². The van der Waals surface area contributed by atoms with Crippen molar-refractivity contribution in [2.24, 2.45) is 5.41 Å². The van der Waals surface area contributed by atoms with E-state index in [1.807, 2.05) is 0 Å². The molecule has 7 nitrogen and oxygen atoms in total. The maximum atomic E-state index is 13.8. The molecule has 0 bridgehead atoms. The molecule has 1 N–H and O–H groups in total. The van der Waals surface area contributed by atoms with Gasteiger partial charge in [0.15, 0.2) is 11.6 Å². The smallest absolute Gasteiger partial charge is 0.293 e. The fourth-order valence-electron chi connectivity index (χ4n) is 3.57. The van der Waals surface area contributed by atoms with Crippen LogP contribution in [0.5, 0.6) is 0 Å². The molecule has 1 spiro atoms. The third-order valence-corrected chi connectivity index (χ3v) is 5.62. The number of piperidine rings is 1. The summed E-state index contributed by atoms with van der Waals surface area (Å²) < 4.78 is 32.0. The summed E-state index contributed by atoms with van der Waals surface area (Å²) in [5.41, 5.74) is 0.217. The molecule has 148 valence electrons. The second-order valence-electron chi connectivity index (χ2n) is 7.54. The monoisotopic (exact) mass is 390 g/mol. The van der Waals surface area contributed by atoms with Crippen molar-refractivity contribution < 1.29 is 22.9 Å². The maximum absolute atomic E-state index is 13.8. The largest absolute Gasteiger partial charge is 0.341 e. The second-order valence-corrected chi connectivity index (χ2v) is 7.54. The number of aromatic nitrogens is 2. The van der Waals surface area contributed by atoms with Crippen molar-refractivity contribution in [2.45, 2.75) is 38.6 Å². The van der Waals surface area contributed by atoms with Gasteiger partial charge in [-0.25, -0.2) is 8.78 Å². The van der Waals surface area contributed by atoms with E-state index in [9.17, 15) is 18.4 Å². The van der Waals surface area contributed by atoms with Gasteiger partial charge in [0.2, 0.25) is 5.91 Å². The zero-order valence-electron chi connectivity index (χ0n) is 15.4. The van der Waals surface area contributed by atoms with Crippen LogP contribution in [-0.2, 0) is 4.79 Å². The van der Waals surface area contributed by atoms with Gasteiger partial charge in [-0.05, 0) is 50.2 Å². The van der Waals surface area contributed by atoms with Crippen LogP contribution in [0.1, 0.15) is 43.2 Å². The molecule has 0 radical (unpaired) electrons. The van der Waals surface area contributed by atoms with Crippen molar-refractivity contribution in [2.75, 3.05) is 13.1 Å². The summed E-state index contributed by atoms with van der Waals surface area (Å²) in [4.78, 5) is 30.5. The lowest BCUT2D eigenvalue weighted by Gasteiger charge is -2.33. The van der Waals surface area contributed by atoms with E-state index < -0.39 is 23.6 Å². The van der Waals surface area contributed by atoms with Crippen LogP contribution in [-0.4, -0.2) is 46.0 Å². The standard InChI is InChI=1S/C19H20F2N4O3/c1-11(18(27)25-9-7-19(5-6-19)8-10-25)22-16(26)15-23-17(28-24-15)12-3-2-4-13(20)14(12)21/h2-4,11H,5-10H2,1H3,(H,22,26). The molecule has 9 heteroatoms. The third-order valence-electron chi connectivity index (χ3n) is 5.62. The van der Waals surface area contributed by atoms with E-state index in [0.29, 0.717) is 18.5 Å². The summed E-state index contributed by atoms with van der Waals surface area (Å²) in [6.45, 7) is 2.99. The number of likely N-dealkylation sites (tertiary alicyclic amines) is 1. The van der Waals surface area contributed by atoms with Crippen LogP contribution >= 0.6 is 0 Å². The predicted octanol–water partition coefficient (Wildman–Crippen LogP) is 2.54. The first-order chi connectivity index (χ1) is 13.4. The number of nitrogens with one attached hydrogen (secondary N) is 1. The van der Waals surface area contributed by atoms with Gasteiger partial charge in [0.05, 0.1) is 5.56 Å². The molecule has 2 aliphatic rings. The van der Waals surface area contributed by atoms with Crippen molar-refractivity contribution in [3.05, 3.63) is 35.7 Å². The highest BCUT2D eigenvalue weighted by Gasteiger charge is 2.45. The lowest BCUT2D eigenvalue weighted by molar-refractivity contribution is -0.134. The summed E-state index contributed by atoms with van der Waals surface area (Å²) in [6.07, 6.45) is 4.50. The molecule has 1 unspecified atom stereocenters. The molecule has 4 rings (SSSR count). The number of benzene rings is 1. The van der Waals surface area contributed by atoms with Crippen molar-refractivity contribution in [3.63, 3.8) is 0 Å². The Morgan fingerprint density at radius 1 is 1.21 bits per heavy atom. The van der Waals surface area contributed by atoms with E-state index in [1.54, 1.807) is 11.8 Å². The molecule has 1 atom stereocenters. The average molecular weight is 390 g/mol. The number of rotatable bonds is 4. The molecule has 1 aliphatic heterocycles. The Morgan fingerprint density at radius 3 is 2.61 bits per heavy atom. The van der Waals surface area contributed by atoms with Gasteiger partial charge in [-0.15, -0.1) is 0 Å². The number of amides is 2. The summed E-state index contributed by atoms with van der Waals surface area (Å²) in [5, 5.41) is 6.04. The third kappa shape index (κ3) is 3.48. The zero-order chi connectivity index (χ0) is 19.9. The highest BCUT2D eigenvalue weighted by molar-refractivity contribution is 5.94. The Morgan fingerprint density at radius 2 is 1.93 bits per heavy atom. The normalized spacial score (nSPS) is 18.8. The first-order valence-corrected chi connectivity index (χ1v) is 9.26. The van der Waals surface area contributed by atoms with E-state index in [1.165, 1.54) is 25.0 Å². The van der Waals surface area contributed by atoms with Crippen LogP contribution in [0.3, 0.4) is 0 Å². The predicted molar refractivity (Wildman–Crippen MR) is 94.1 cm³/mol. The summed E-state index contributed by atoms with van der Waals surface area (Å²) in [7, 11) is 0. The molecular formula is C19H20F2N4O3. The number of carbonyl (C=O) groups excluding carboxylic acids is 2. The number of hydrogen-bond acceptors (Lipinski definition) is 5. The van der Waals surface area contributed by atoms with Gasteiger partial charge in [-0.2, -0.15) is 4.98 Å². The van der Waals surface area contributed by atoms with Crippen LogP contribution in [0, 0.1) is 17.0 Å². The van der Waals surface area contributed by atoms with E-state index in [0.717, 1.165) is 18.9 Å². The van der Waals surface area contributed by atoms with Crippen molar-refractivity contribution in [1.82, 2.24) is 20.4 Å². The molecule has 2 amide bonds. The van der Waals surface area contributed by atoms with Crippen molar-refractivity contribution in [3.8, 4) is 11.5 Å². The number of carbonyl (C=O) groups is 2. The van der Waals surface area contributed by atoms with Crippen LogP contribution in [0.2, 0.25) is 0 Å². The topological polar surface area (TPSA) is 88.3 Å². The van der Waals surface area contributed by atoms with E-state index in [2.05, 4.69) is 15.5 Å². The minimum absolute atomic E-state index is 0.163. The Kier molecular flexibility index (Phi) is 4.60. The molecule has 2 aromatic rings. The maximum Gasteiger partial charge on any atom is 0.293 e. The lowest BCUT2D eigenvalue weighted by atomic mass is 9.93. The van der Waals surface area contributed by atoms with Crippen LogP contribution in [0.15, 0.2) is 22.7 Å². The average Bonchev–Trinajstić information content (AvgIpc) is 3.25. The van der Waals surface area contributed by atoms with Crippen LogP contribution in [0.25, 0.3) is 11.5 Å². The lowest BCUT2D eigenvalue weighted by Crippen LogP contribution is -2.49. The van der Waals surface area contributed by atoms with Crippen molar-refractivity contribution >= 4 is 11.8 Å². The molecule has 2 fully saturated rings. The highest BCUT2D eigenvalue weighted by Crippen LogP contribution is 2.53. The van der Waals surface area contributed by atoms with Crippen LogP contribution in [0.4, 0.5) is 8.78 Å². The first-order valence-electron chi connectivity index (χ1n) is 9.26. The summed E-state index contributed by atoms with van der Waals surface area (Å²) >= 11 is 0. The quantitative estimate of drug-likeness (QED) is 0.867. The zero-order valence-corrected chi connectivity index (χ0v) is 15.4. The summed E-state index contributed by atoms with van der Waals surface area (Å²) in [6, 6.07) is 2.77.